The molecule has 0 atom stereocenters. The van der Waals surface area contributed by atoms with Crippen LogP contribution in [0, 0.1) is 10.1 Å². The highest BCUT2D eigenvalue weighted by Gasteiger charge is 2.15. The van der Waals surface area contributed by atoms with Crippen LogP contribution in [0.1, 0.15) is 20.3 Å². The number of nitro benzene ring substituents is 1. The summed E-state index contributed by atoms with van der Waals surface area (Å²) >= 11 is 3.23. The Labute approximate surface area is 135 Å². The van der Waals surface area contributed by atoms with E-state index in [2.05, 4.69) is 26.5 Å². The summed E-state index contributed by atoms with van der Waals surface area (Å²) in [7, 11) is 0. The fraction of sp³-hybridized carbons (Fsp3) is 0.385. The van der Waals surface area contributed by atoms with Crippen molar-refractivity contribution >= 4 is 39.2 Å². The Morgan fingerprint density at radius 1 is 1.36 bits per heavy atom. The quantitative estimate of drug-likeness (QED) is 0.259. The summed E-state index contributed by atoms with van der Waals surface area (Å²) in [5, 5.41) is 14.9. The Balaban J connectivity index is 2.92. The van der Waals surface area contributed by atoms with Gasteiger partial charge in [-0.05, 0) is 26.0 Å². The molecule has 0 saturated heterocycles. The van der Waals surface area contributed by atoms with Gasteiger partial charge in [-0.3, -0.25) is 20.3 Å². The van der Waals surface area contributed by atoms with Crippen LogP contribution in [0.4, 0.5) is 11.4 Å². The molecule has 0 unspecified atom stereocenters. The number of ether oxygens (including phenoxy) is 2. The van der Waals surface area contributed by atoms with Crippen LogP contribution in [-0.4, -0.2) is 30.0 Å². The van der Waals surface area contributed by atoms with Crippen LogP contribution in [0.25, 0.3) is 0 Å². The fourth-order valence-electron chi connectivity index (χ4n) is 1.50. The molecule has 0 heterocycles. The second kappa shape index (κ2) is 8.98. The highest BCUT2D eigenvalue weighted by molar-refractivity contribution is 9.10. The maximum absolute atomic E-state index is 11.4. The van der Waals surface area contributed by atoms with Gasteiger partial charge in [0.25, 0.3) is 5.69 Å². The van der Waals surface area contributed by atoms with Gasteiger partial charge in [0.15, 0.2) is 0 Å². The van der Waals surface area contributed by atoms with Crippen molar-refractivity contribution in [3.8, 4) is 0 Å². The van der Waals surface area contributed by atoms with Crippen molar-refractivity contribution in [2.24, 2.45) is 5.10 Å². The Kier molecular flexibility index (Phi) is 7.30. The van der Waals surface area contributed by atoms with Crippen LogP contribution in [-0.2, 0) is 14.3 Å². The first-order valence-electron chi connectivity index (χ1n) is 6.52. The maximum Gasteiger partial charge on any atom is 0.315 e. The van der Waals surface area contributed by atoms with Gasteiger partial charge in [-0.25, -0.2) is 0 Å². The lowest BCUT2D eigenvalue weighted by Crippen LogP contribution is -2.15. The van der Waals surface area contributed by atoms with E-state index in [0.717, 1.165) is 0 Å². The molecule has 0 spiro atoms. The molecule has 1 aromatic carbocycles. The SMILES string of the molecule is CCOC(=O)C/C(=N/Nc1cc(Br)ccc1[N+](=O)[O-])OCC. The zero-order valence-corrected chi connectivity index (χ0v) is 13.8. The van der Waals surface area contributed by atoms with Crippen molar-refractivity contribution in [2.75, 3.05) is 18.6 Å². The van der Waals surface area contributed by atoms with Crippen molar-refractivity contribution in [1.82, 2.24) is 0 Å². The number of carbonyl (C=O) groups excluding carboxylic acids is 1. The number of benzene rings is 1. The minimum absolute atomic E-state index is 0.0928. The van der Waals surface area contributed by atoms with E-state index >= 15 is 0 Å². The van der Waals surface area contributed by atoms with E-state index in [1.807, 2.05) is 0 Å². The third-order valence-electron chi connectivity index (χ3n) is 2.37. The molecule has 1 aromatic rings. The summed E-state index contributed by atoms with van der Waals surface area (Å²) in [6.07, 6.45) is -0.156. The largest absolute Gasteiger partial charge is 0.480 e. The monoisotopic (exact) mass is 373 g/mol. The van der Waals surface area contributed by atoms with Gasteiger partial charge in [0.05, 0.1) is 18.1 Å². The molecule has 0 bridgehead atoms. The molecule has 0 aliphatic rings. The lowest BCUT2D eigenvalue weighted by molar-refractivity contribution is -0.384. The number of nitro groups is 1. The fourth-order valence-corrected chi connectivity index (χ4v) is 1.87. The minimum Gasteiger partial charge on any atom is -0.480 e. The van der Waals surface area contributed by atoms with Crippen molar-refractivity contribution in [1.29, 1.82) is 0 Å². The number of rotatable bonds is 7. The third-order valence-corrected chi connectivity index (χ3v) is 2.86. The zero-order chi connectivity index (χ0) is 16.5. The topological polar surface area (TPSA) is 103 Å². The van der Waals surface area contributed by atoms with Crippen LogP contribution in [0.3, 0.4) is 0 Å². The molecule has 120 valence electrons. The molecular formula is C13H16BrN3O5. The van der Waals surface area contributed by atoms with E-state index in [9.17, 15) is 14.9 Å². The lowest BCUT2D eigenvalue weighted by atomic mass is 10.3. The highest BCUT2D eigenvalue weighted by atomic mass is 79.9. The summed E-state index contributed by atoms with van der Waals surface area (Å²) in [6.45, 7) is 3.99. The van der Waals surface area contributed by atoms with Crippen molar-refractivity contribution < 1.29 is 19.2 Å². The molecule has 0 fully saturated rings. The number of anilines is 1. The second-order valence-electron chi connectivity index (χ2n) is 3.95. The molecule has 0 aromatic heterocycles. The van der Waals surface area contributed by atoms with Crippen LogP contribution in [0.15, 0.2) is 27.8 Å². The second-order valence-corrected chi connectivity index (χ2v) is 4.87. The number of nitrogens with zero attached hydrogens (tertiary/aromatic N) is 2. The summed E-state index contributed by atoms with van der Waals surface area (Å²) in [4.78, 5) is 21.9. The van der Waals surface area contributed by atoms with E-state index in [4.69, 9.17) is 9.47 Å². The van der Waals surface area contributed by atoms with Gasteiger partial charge in [0.2, 0.25) is 5.90 Å². The van der Waals surface area contributed by atoms with Gasteiger partial charge in [0.1, 0.15) is 12.1 Å². The first-order valence-corrected chi connectivity index (χ1v) is 7.32. The van der Waals surface area contributed by atoms with Crippen LogP contribution in [0.2, 0.25) is 0 Å². The lowest BCUT2D eigenvalue weighted by Gasteiger charge is -2.08. The van der Waals surface area contributed by atoms with E-state index in [1.54, 1.807) is 19.9 Å². The van der Waals surface area contributed by atoms with Crippen molar-refractivity contribution in [2.45, 2.75) is 20.3 Å². The molecule has 0 radical (unpaired) electrons. The number of hydrogen-bond donors (Lipinski definition) is 1. The zero-order valence-electron chi connectivity index (χ0n) is 12.2. The number of esters is 1. The van der Waals surface area contributed by atoms with E-state index in [0.29, 0.717) is 11.1 Å². The highest BCUT2D eigenvalue weighted by Crippen LogP contribution is 2.27. The normalized spacial score (nSPS) is 11.0. The first kappa shape index (κ1) is 17.9. The van der Waals surface area contributed by atoms with Gasteiger partial charge in [-0.15, -0.1) is 5.10 Å². The molecule has 8 nitrogen and oxygen atoms in total. The van der Waals surface area contributed by atoms with Gasteiger partial charge >= 0.3 is 5.97 Å². The molecule has 9 heteroatoms. The van der Waals surface area contributed by atoms with Crippen LogP contribution in [0.5, 0.6) is 0 Å². The number of halogens is 1. The number of hydrogen-bond acceptors (Lipinski definition) is 7. The summed E-state index contributed by atoms with van der Waals surface area (Å²) in [5.41, 5.74) is 2.59. The van der Waals surface area contributed by atoms with Crippen molar-refractivity contribution in [3.63, 3.8) is 0 Å². The molecule has 0 aliphatic heterocycles. The summed E-state index contributed by atoms with van der Waals surface area (Å²) in [6, 6.07) is 4.40. The smallest absolute Gasteiger partial charge is 0.315 e. The standard InChI is InChI=1S/C13H16BrN3O5/c1-3-21-12(8-13(18)22-4-2)16-15-10-7-9(14)5-6-11(10)17(19)20/h5-7,15H,3-4,8H2,1-2H3/b16-12-. The molecule has 22 heavy (non-hydrogen) atoms. The molecular weight excluding hydrogens is 358 g/mol. The van der Waals surface area contributed by atoms with E-state index in [-0.39, 0.29) is 30.3 Å². The number of hydrazone groups is 1. The molecule has 1 N–H and O–H groups in total. The van der Waals surface area contributed by atoms with Gasteiger partial charge in [-0.2, -0.15) is 0 Å². The molecule has 0 amide bonds. The Bertz CT molecular complexity index is 577. The first-order chi connectivity index (χ1) is 10.5. The van der Waals surface area contributed by atoms with Gasteiger partial charge in [0, 0.05) is 10.5 Å². The van der Waals surface area contributed by atoms with Crippen molar-refractivity contribution in [3.05, 3.63) is 32.8 Å². The molecule has 1 rings (SSSR count). The van der Waals surface area contributed by atoms with Crippen LogP contribution >= 0.6 is 15.9 Å². The van der Waals surface area contributed by atoms with Crippen LogP contribution < -0.4 is 5.43 Å². The maximum atomic E-state index is 11.4. The van der Waals surface area contributed by atoms with Gasteiger partial charge < -0.3 is 9.47 Å². The average molecular weight is 374 g/mol. The number of nitrogens with one attached hydrogen (secondary N) is 1. The van der Waals surface area contributed by atoms with E-state index < -0.39 is 10.9 Å². The Hall–Kier alpha value is -2.16. The molecule has 0 aliphatic carbocycles. The average Bonchev–Trinajstić information content (AvgIpc) is 2.45. The third kappa shape index (κ3) is 5.68. The summed E-state index contributed by atoms with van der Waals surface area (Å²) < 4.78 is 10.7. The van der Waals surface area contributed by atoms with Gasteiger partial charge in [-0.1, -0.05) is 15.9 Å². The predicted molar refractivity (Wildman–Crippen MR) is 84.7 cm³/mol. The Morgan fingerprint density at radius 2 is 2.05 bits per heavy atom. The Morgan fingerprint density at radius 3 is 2.64 bits per heavy atom. The molecule has 0 saturated carbocycles. The summed E-state index contributed by atoms with van der Waals surface area (Å²) in [5.74, 6) is -0.393. The predicted octanol–water partition coefficient (Wildman–Crippen LogP) is 3.07. The number of carbonyl (C=O) groups is 1. The van der Waals surface area contributed by atoms with E-state index in [1.165, 1.54) is 12.1 Å². The minimum atomic E-state index is -0.532.